The van der Waals surface area contributed by atoms with Crippen LogP contribution < -0.4 is 10.6 Å². The van der Waals surface area contributed by atoms with Crippen LogP contribution in [0.25, 0.3) is 0 Å². The average Bonchev–Trinajstić information content (AvgIpc) is 2.55. The van der Waals surface area contributed by atoms with Crippen molar-refractivity contribution in [3.63, 3.8) is 0 Å². The molecule has 2 aromatic rings. The van der Waals surface area contributed by atoms with Crippen LogP contribution in [-0.2, 0) is 11.2 Å². The van der Waals surface area contributed by atoms with Crippen LogP contribution in [0, 0.1) is 11.5 Å². The highest BCUT2D eigenvalue weighted by molar-refractivity contribution is 8.13. The largest absolute Gasteiger partial charge is 0.326 e. The van der Waals surface area contributed by atoms with E-state index in [1.165, 1.54) is 11.8 Å². The number of carbonyl (C=O) groups is 1. The van der Waals surface area contributed by atoms with Crippen LogP contribution in [0.15, 0.2) is 59.6 Å². The third kappa shape index (κ3) is 5.49. The summed E-state index contributed by atoms with van der Waals surface area (Å²) < 4.78 is 0. The van der Waals surface area contributed by atoms with Crippen molar-refractivity contribution in [2.24, 2.45) is 4.99 Å². The van der Waals surface area contributed by atoms with Gasteiger partial charge in [0.25, 0.3) is 0 Å². The maximum atomic E-state index is 12.1. The Morgan fingerprint density at radius 3 is 2.70 bits per heavy atom. The monoisotopic (exact) mass is 324 g/mol. The number of amidine groups is 1. The van der Waals surface area contributed by atoms with Gasteiger partial charge in [-0.15, -0.1) is 0 Å². The number of rotatable bonds is 4. The first kappa shape index (κ1) is 16.6. The molecule has 2 rings (SSSR count). The molecule has 0 unspecified atom stereocenters. The van der Waals surface area contributed by atoms with E-state index in [1.807, 2.05) is 48.8 Å². The summed E-state index contributed by atoms with van der Waals surface area (Å²) in [6, 6.07) is 16.7. The zero-order chi connectivity index (χ0) is 16.5. The van der Waals surface area contributed by atoms with Crippen LogP contribution in [0.3, 0.4) is 0 Å². The molecule has 0 bridgehead atoms. The Morgan fingerprint density at radius 1 is 1.22 bits per heavy atom. The number of nitriles is 1. The zero-order valence-corrected chi connectivity index (χ0v) is 13.4. The second-order valence-electron chi connectivity index (χ2n) is 4.62. The molecule has 0 heterocycles. The third-order valence-electron chi connectivity index (χ3n) is 2.92. The lowest BCUT2D eigenvalue weighted by Gasteiger charge is -2.06. The van der Waals surface area contributed by atoms with Crippen molar-refractivity contribution in [2.75, 3.05) is 11.6 Å². The molecule has 0 aromatic heterocycles. The predicted octanol–water partition coefficient (Wildman–Crippen LogP) is 3.29. The highest BCUT2D eigenvalue weighted by atomic mass is 32.2. The van der Waals surface area contributed by atoms with Gasteiger partial charge in [0.05, 0.1) is 12.1 Å². The molecule has 0 spiro atoms. The van der Waals surface area contributed by atoms with Gasteiger partial charge in [-0.3, -0.25) is 10.1 Å². The van der Waals surface area contributed by atoms with Crippen molar-refractivity contribution in [3.05, 3.63) is 60.2 Å². The van der Waals surface area contributed by atoms with Gasteiger partial charge in [-0.2, -0.15) is 5.26 Å². The molecule has 0 radical (unpaired) electrons. The number of nitrogens with zero attached hydrogens (tertiary/aromatic N) is 2. The van der Waals surface area contributed by atoms with E-state index in [0.29, 0.717) is 23.0 Å². The normalized spacial score (nSPS) is 10.7. The number of thioether (sulfide) groups is 1. The van der Waals surface area contributed by atoms with Crippen molar-refractivity contribution in [3.8, 4) is 6.19 Å². The maximum Gasteiger partial charge on any atom is 0.228 e. The van der Waals surface area contributed by atoms with Crippen LogP contribution in [0.5, 0.6) is 0 Å². The first-order valence-electron chi connectivity index (χ1n) is 6.93. The minimum atomic E-state index is -0.0856. The van der Waals surface area contributed by atoms with Crippen LogP contribution in [0.1, 0.15) is 5.56 Å². The molecule has 0 atom stereocenters. The molecule has 0 aliphatic heterocycles. The molecule has 6 heteroatoms. The van der Waals surface area contributed by atoms with E-state index in [4.69, 9.17) is 5.26 Å². The molecule has 23 heavy (non-hydrogen) atoms. The van der Waals surface area contributed by atoms with Crippen molar-refractivity contribution in [1.29, 1.82) is 5.26 Å². The van der Waals surface area contributed by atoms with Gasteiger partial charge in [-0.05, 0) is 30.0 Å². The fraction of sp³-hybridized carbons (Fsp3) is 0.118. The van der Waals surface area contributed by atoms with Crippen molar-refractivity contribution in [1.82, 2.24) is 5.32 Å². The Hall–Kier alpha value is -2.78. The lowest BCUT2D eigenvalue weighted by atomic mass is 10.1. The van der Waals surface area contributed by atoms with Crippen LogP contribution in [0.2, 0.25) is 0 Å². The summed E-state index contributed by atoms with van der Waals surface area (Å²) in [5, 5.41) is 14.5. The van der Waals surface area contributed by atoms with Gasteiger partial charge in [0, 0.05) is 5.69 Å². The number of nitrogens with one attached hydrogen (secondary N) is 2. The van der Waals surface area contributed by atoms with Gasteiger partial charge < -0.3 is 5.32 Å². The summed E-state index contributed by atoms with van der Waals surface area (Å²) in [5.74, 6) is -0.0856. The summed E-state index contributed by atoms with van der Waals surface area (Å²) in [6.07, 6.45) is 3.99. The van der Waals surface area contributed by atoms with Gasteiger partial charge in [0.1, 0.15) is 0 Å². The quantitative estimate of drug-likeness (QED) is 0.391. The van der Waals surface area contributed by atoms with E-state index in [0.717, 1.165) is 5.56 Å². The molecular formula is C17H16N4OS. The van der Waals surface area contributed by atoms with Crippen LogP contribution >= 0.6 is 11.8 Å². The summed E-state index contributed by atoms with van der Waals surface area (Å²) in [4.78, 5) is 16.4. The molecule has 5 nitrogen and oxygen atoms in total. The van der Waals surface area contributed by atoms with E-state index in [2.05, 4.69) is 15.6 Å². The van der Waals surface area contributed by atoms with Gasteiger partial charge in [0.15, 0.2) is 11.4 Å². The summed E-state index contributed by atoms with van der Waals surface area (Å²) >= 11 is 1.34. The number of anilines is 1. The Balaban J connectivity index is 2.05. The second kappa shape index (κ2) is 8.61. The zero-order valence-electron chi connectivity index (χ0n) is 12.6. The van der Waals surface area contributed by atoms with E-state index in [-0.39, 0.29) is 5.91 Å². The number of amides is 1. The summed E-state index contributed by atoms with van der Waals surface area (Å²) in [5.41, 5.74) is 2.29. The Morgan fingerprint density at radius 2 is 2.00 bits per heavy atom. The maximum absolute atomic E-state index is 12.1. The highest BCUT2D eigenvalue weighted by Gasteiger charge is 2.04. The molecule has 0 saturated carbocycles. The standard InChI is InChI=1S/C17H16N4OS/c1-23-17(19-12-18)21-15-9-5-8-14(11-15)20-16(22)10-13-6-3-2-4-7-13/h2-9,11H,10H2,1H3,(H,19,21)(H,20,22). The summed E-state index contributed by atoms with van der Waals surface area (Å²) in [7, 11) is 0. The van der Waals surface area contributed by atoms with Gasteiger partial charge in [0.2, 0.25) is 5.91 Å². The van der Waals surface area contributed by atoms with E-state index < -0.39 is 0 Å². The third-order valence-corrected chi connectivity index (χ3v) is 3.50. The summed E-state index contributed by atoms with van der Waals surface area (Å²) in [6.45, 7) is 0. The molecule has 0 aliphatic rings. The fourth-order valence-electron chi connectivity index (χ4n) is 1.93. The minimum absolute atomic E-state index is 0.0856. The van der Waals surface area contributed by atoms with Crippen molar-refractivity contribution >= 4 is 34.2 Å². The highest BCUT2D eigenvalue weighted by Crippen LogP contribution is 2.19. The van der Waals surface area contributed by atoms with Gasteiger partial charge >= 0.3 is 0 Å². The molecular weight excluding hydrogens is 308 g/mol. The molecule has 1 amide bonds. The Kier molecular flexibility index (Phi) is 6.21. The first-order valence-corrected chi connectivity index (χ1v) is 8.15. The number of aliphatic imine (C=N–C) groups is 1. The molecule has 0 fully saturated rings. The molecule has 116 valence electrons. The topological polar surface area (TPSA) is 77.3 Å². The van der Waals surface area contributed by atoms with E-state index >= 15 is 0 Å². The second-order valence-corrected chi connectivity index (χ2v) is 5.41. The number of carbonyl (C=O) groups excluding carboxylic acids is 1. The predicted molar refractivity (Wildman–Crippen MR) is 94.6 cm³/mol. The van der Waals surface area contributed by atoms with Crippen LogP contribution in [0.4, 0.5) is 11.4 Å². The van der Waals surface area contributed by atoms with Gasteiger partial charge in [-0.1, -0.05) is 48.2 Å². The Bertz CT molecular complexity index is 738. The smallest absolute Gasteiger partial charge is 0.228 e. The molecule has 0 saturated heterocycles. The van der Waals surface area contributed by atoms with E-state index in [1.54, 1.807) is 18.2 Å². The van der Waals surface area contributed by atoms with Crippen molar-refractivity contribution in [2.45, 2.75) is 6.42 Å². The molecule has 2 N–H and O–H groups in total. The van der Waals surface area contributed by atoms with E-state index in [9.17, 15) is 4.79 Å². The number of hydrogen-bond acceptors (Lipinski definition) is 4. The SMILES string of the molecule is CSC(=Nc1cccc(NC(=O)Cc2ccccc2)c1)NC#N. The van der Waals surface area contributed by atoms with Crippen LogP contribution in [-0.4, -0.2) is 17.3 Å². The fourth-order valence-corrected chi connectivity index (χ4v) is 2.27. The minimum Gasteiger partial charge on any atom is -0.326 e. The number of benzene rings is 2. The molecule has 2 aromatic carbocycles. The number of hydrogen-bond donors (Lipinski definition) is 2. The first-order chi connectivity index (χ1) is 11.2. The lowest BCUT2D eigenvalue weighted by molar-refractivity contribution is -0.115. The Labute approximate surface area is 139 Å². The molecule has 0 aliphatic carbocycles. The van der Waals surface area contributed by atoms with Crippen molar-refractivity contribution < 1.29 is 4.79 Å². The lowest BCUT2D eigenvalue weighted by Crippen LogP contribution is -2.14. The van der Waals surface area contributed by atoms with Gasteiger partial charge in [-0.25, -0.2) is 4.99 Å². The average molecular weight is 324 g/mol.